The van der Waals surface area contributed by atoms with E-state index in [1.165, 1.54) is 5.57 Å². The first-order valence-electron chi connectivity index (χ1n) is 4.06. The molecule has 0 unspecified atom stereocenters. The van der Waals surface area contributed by atoms with Gasteiger partial charge in [0.05, 0.1) is 0 Å². The molecule has 0 bridgehead atoms. The number of rotatable bonds is 3. The Hall–Kier alpha value is -1.11. The smallest absolute Gasteiger partial charge is 0.159 e. The maximum atomic E-state index is 10.9. The van der Waals surface area contributed by atoms with Gasteiger partial charge >= 0.3 is 0 Å². The maximum absolute atomic E-state index is 10.9. The summed E-state index contributed by atoms with van der Waals surface area (Å²) in [6.45, 7) is 7.48. The number of Topliss-reactive ketones (excluding diaryl/α,β-unsaturated/α-hetero) is 1. The van der Waals surface area contributed by atoms with Gasteiger partial charge in [-0.05, 0) is 27.7 Å². The molecule has 0 fully saturated rings. The molecular weight excluding hydrogens is 148 g/mol. The van der Waals surface area contributed by atoms with Gasteiger partial charge in [-0.3, -0.25) is 4.79 Å². The van der Waals surface area contributed by atoms with Crippen LogP contribution in [0.1, 0.15) is 27.7 Å². The maximum Gasteiger partial charge on any atom is 0.159 e. The van der Waals surface area contributed by atoms with Crippen molar-refractivity contribution in [2.45, 2.75) is 27.7 Å². The molecule has 0 aromatic rings. The summed E-state index contributed by atoms with van der Waals surface area (Å²) in [4.78, 5) is 10.9. The van der Waals surface area contributed by atoms with Crippen LogP contribution in [0, 0.1) is 0 Å². The standard InChI is InChI=1S/C11H16O/c1-5-11(10(4)12)8-6-7-9(2)3/h5-8H,1-4H3/b8-6-,11-5+. The largest absolute Gasteiger partial charge is 0.295 e. The third kappa shape index (κ3) is 4.67. The molecule has 0 amide bonds. The summed E-state index contributed by atoms with van der Waals surface area (Å²) < 4.78 is 0. The van der Waals surface area contributed by atoms with Crippen LogP contribution >= 0.6 is 0 Å². The van der Waals surface area contributed by atoms with Crippen molar-refractivity contribution in [3.05, 3.63) is 35.5 Å². The molecule has 0 N–H and O–H groups in total. The van der Waals surface area contributed by atoms with E-state index in [4.69, 9.17) is 0 Å². The lowest BCUT2D eigenvalue weighted by molar-refractivity contribution is -0.113. The van der Waals surface area contributed by atoms with E-state index in [9.17, 15) is 4.79 Å². The highest BCUT2D eigenvalue weighted by molar-refractivity contribution is 5.95. The third-order valence-corrected chi connectivity index (χ3v) is 1.42. The zero-order chi connectivity index (χ0) is 9.56. The molecule has 12 heavy (non-hydrogen) atoms. The van der Waals surface area contributed by atoms with Crippen molar-refractivity contribution in [1.82, 2.24) is 0 Å². The highest BCUT2D eigenvalue weighted by atomic mass is 16.1. The summed E-state index contributed by atoms with van der Waals surface area (Å²) in [5.74, 6) is 0.107. The quantitative estimate of drug-likeness (QED) is 0.463. The number of hydrogen-bond donors (Lipinski definition) is 0. The highest BCUT2D eigenvalue weighted by Crippen LogP contribution is 1.99. The second-order valence-electron chi connectivity index (χ2n) is 2.90. The summed E-state index contributed by atoms with van der Waals surface area (Å²) in [5.41, 5.74) is 1.98. The molecule has 0 aliphatic rings. The van der Waals surface area contributed by atoms with Crippen LogP contribution in [-0.2, 0) is 4.79 Å². The topological polar surface area (TPSA) is 17.1 Å². The molecule has 0 aromatic heterocycles. The van der Waals surface area contributed by atoms with Crippen LogP contribution in [0.15, 0.2) is 35.5 Å². The number of allylic oxidation sites excluding steroid dienone is 6. The van der Waals surface area contributed by atoms with Gasteiger partial charge in [0, 0.05) is 5.57 Å². The molecule has 0 radical (unpaired) electrons. The fourth-order valence-corrected chi connectivity index (χ4v) is 0.761. The monoisotopic (exact) mass is 164 g/mol. The summed E-state index contributed by atoms with van der Waals surface area (Å²) in [5, 5.41) is 0. The average Bonchev–Trinajstić information content (AvgIpc) is 1.96. The van der Waals surface area contributed by atoms with Gasteiger partial charge < -0.3 is 0 Å². The normalized spacial score (nSPS) is 11.8. The van der Waals surface area contributed by atoms with Crippen LogP contribution in [0.3, 0.4) is 0 Å². The molecule has 0 saturated heterocycles. The van der Waals surface area contributed by atoms with Crippen molar-refractivity contribution in [3.63, 3.8) is 0 Å². The van der Waals surface area contributed by atoms with Crippen LogP contribution in [0.2, 0.25) is 0 Å². The van der Waals surface area contributed by atoms with Crippen LogP contribution in [-0.4, -0.2) is 5.78 Å². The molecule has 1 nitrogen and oxygen atoms in total. The van der Waals surface area contributed by atoms with Gasteiger partial charge in [0.1, 0.15) is 0 Å². The van der Waals surface area contributed by atoms with Gasteiger partial charge in [-0.15, -0.1) is 0 Å². The molecular formula is C11H16O. The van der Waals surface area contributed by atoms with Gasteiger partial charge in [0.2, 0.25) is 0 Å². The molecule has 1 heteroatoms. The molecule has 0 aromatic carbocycles. The minimum atomic E-state index is 0.107. The molecule has 0 rings (SSSR count). The first kappa shape index (κ1) is 10.9. The lowest BCUT2D eigenvalue weighted by atomic mass is 10.1. The van der Waals surface area contributed by atoms with Crippen LogP contribution in [0.4, 0.5) is 0 Å². The predicted octanol–water partition coefficient (Wildman–Crippen LogP) is 3.04. The first-order valence-corrected chi connectivity index (χ1v) is 4.06. The molecule has 66 valence electrons. The Kier molecular flexibility index (Phi) is 5.02. The van der Waals surface area contributed by atoms with Crippen molar-refractivity contribution >= 4 is 5.78 Å². The second kappa shape index (κ2) is 5.53. The molecule has 0 spiro atoms. The van der Waals surface area contributed by atoms with Crippen molar-refractivity contribution < 1.29 is 4.79 Å². The Morgan fingerprint density at radius 1 is 1.17 bits per heavy atom. The highest BCUT2D eigenvalue weighted by Gasteiger charge is 1.94. The SMILES string of the molecule is C/C=C(\C=C/C=C(C)C)C(C)=O. The van der Waals surface area contributed by atoms with E-state index in [-0.39, 0.29) is 5.78 Å². The van der Waals surface area contributed by atoms with E-state index in [0.717, 1.165) is 5.57 Å². The molecule has 0 atom stereocenters. The second-order valence-corrected chi connectivity index (χ2v) is 2.90. The van der Waals surface area contributed by atoms with E-state index >= 15 is 0 Å². The van der Waals surface area contributed by atoms with E-state index in [1.54, 1.807) is 6.92 Å². The number of ketones is 1. The van der Waals surface area contributed by atoms with Crippen molar-refractivity contribution in [2.75, 3.05) is 0 Å². The van der Waals surface area contributed by atoms with E-state index in [0.29, 0.717) is 0 Å². The Morgan fingerprint density at radius 3 is 2.08 bits per heavy atom. The number of hydrogen-bond acceptors (Lipinski definition) is 1. The minimum Gasteiger partial charge on any atom is -0.295 e. The van der Waals surface area contributed by atoms with Crippen LogP contribution in [0.25, 0.3) is 0 Å². The molecule has 0 saturated carbocycles. The van der Waals surface area contributed by atoms with E-state index in [1.807, 2.05) is 45.1 Å². The van der Waals surface area contributed by atoms with Crippen molar-refractivity contribution in [3.8, 4) is 0 Å². The molecule has 0 aliphatic carbocycles. The first-order chi connectivity index (χ1) is 5.57. The predicted molar refractivity (Wildman–Crippen MR) is 53.0 cm³/mol. The number of carbonyl (C=O) groups excluding carboxylic acids is 1. The summed E-state index contributed by atoms with van der Waals surface area (Å²) in [6.07, 6.45) is 7.52. The summed E-state index contributed by atoms with van der Waals surface area (Å²) in [6, 6.07) is 0. The van der Waals surface area contributed by atoms with Crippen molar-refractivity contribution in [1.29, 1.82) is 0 Å². The Balaban J connectivity index is 4.33. The Bertz CT molecular complexity index is 238. The fourth-order valence-electron chi connectivity index (χ4n) is 0.761. The van der Waals surface area contributed by atoms with Gasteiger partial charge in [-0.2, -0.15) is 0 Å². The van der Waals surface area contributed by atoms with Gasteiger partial charge in [0.25, 0.3) is 0 Å². The van der Waals surface area contributed by atoms with Crippen LogP contribution < -0.4 is 0 Å². The van der Waals surface area contributed by atoms with Crippen LogP contribution in [0.5, 0.6) is 0 Å². The number of carbonyl (C=O) groups is 1. The molecule has 0 heterocycles. The summed E-state index contributed by atoms with van der Waals surface area (Å²) >= 11 is 0. The third-order valence-electron chi connectivity index (χ3n) is 1.42. The fraction of sp³-hybridized carbons (Fsp3) is 0.364. The van der Waals surface area contributed by atoms with Gasteiger partial charge in [-0.1, -0.05) is 29.9 Å². The average molecular weight is 164 g/mol. The minimum absolute atomic E-state index is 0.107. The Labute approximate surface area is 74.5 Å². The van der Waals surface area contributed by atoms with E-state index < -0.39 is 0 Å². The zero-order valence-corrected chi connectivity index (χ0v) is 8.22. The summed E-state index contributed by atoms with van der Waals surface area (Å²) in [7, 11) is 0. The lowest BCUT2D eigenvalue weighted by Crippen LogP contribution is -1.91. The van der Waals surface area contributed by atoms with Gasteiger partial charge in [0.15, 0.2) is 5.78 Å². The Morgan fingerprint density at radius 2 is 1.75 bits per heavy atom. The molecule has 0 aliphatic heterocycles. The lowest BCUT2D eigenvalue weighted by Gasteiger charge is -1.91. The van der Waals surface area contributed by atoms with Gasteiger partial charge in [-0.25, -0.2) is 0 Å². The zero-order valence-electron chi connectivity index (χ0n) is 8.22. The van der Waals surface area contributed by atoms with E-state index in [2.05, 4.69) is 0 Å². The van der Waals surface area contributed by atoms with Crippen molar-refractivity contribution in [2.24, 2.45) is 0 Å².